The highest BCUT2D eigenvalue weighted by molar-refractivity contribution is 9.09. The van der Waals surface area contributed by atoms with Crippen LogP contribution in [0.25, 0.3) is 11.0 Å². The molecule has 3 rings (SSSR count). The van der Waals surface area contributed by atoms with Crippen molar-refractivity contribution in [3.05, 3.63) is 69.4 Å². The van der Waals surface area contributed by atoms with Gasteiger partial charge in [-0.3, -0.25) is 9.55 Å². The van der Waals surface area contributed by atoms with Gasteiger partial charge in [0.15, 0.2) is 5.65 Å². The third-order valence-corrected chi connectivity index (χ3v) is 3.80. The molecule has 0 aliphatic carbocycles. The lowest BCUT2D eigenvalue weighted by molar-refractivity contribution is 0.423. The third kappa shape index (κ3) is 4.61. The maximum Gasteiger partial charge on any atom is 0.423 e. The maximum atomic E-state index is 11.8. The Labute approximate surface area is 147 Å². The normalized spacial score (nSPS) is 10.2. The summed E-state index contributed by atoms with van der Waals surface area (Å²) in [5, 5.41) is 1.44. The molecule has 7 heteroatoms. The van der Waals surface area contributed by atoms with Gasteiger partial charge in [0.05, 0.1) is 6.54 Å². The number of aromatic nitrogens is 3. The van der Waals surface area contributed by atoms with Gasteiger partial charge in [0.1, 0.15) is 5.39 Å². The average Bonchev–Trinajstić information content (AvgIpc) is 2.61. The minimum absolute atomic E-state index is 0.276. The molecular formula is C17H18BrN3O3. The molecule has 0 atom stereocenters. The Morgan fingerprint density at radius 3 is 2.54 bits per heavy atom. The molecule has 6 nitrogen and oxygen atoms in total. The van der Waals surface area contributed by atoms with Crippen LogP contribution < -0.4 is 11.4 Å². The first-order chi connectivity index (χ1) is 11.7. The van der Waals surface area contributed by atoms with Crippen molar-refractivity contribution >= 4 is 27.0 Å². The molecule has 0 amide bonds. The van der Waals surface area contributed by atoms with Crippen molar-refractivity contribution in [1.29, 1.82) is 0 Å². The molecule has 0 aromatic carbocycles. The second-order valence-corrected chi connectivity index (χ2v) is 5.81. The summed E-state index contributed by atoms with van der Waals surface area (Å²) in [6, 6.07) is 6.77. The summed E-state index contributed by atoms with van der Waals surface area (Å²) >= 11 is 3.31. The summed E-state index contributed by atoms with van der Waals surface area (Å²) in [6.45, 7) is 2.46. The van der Waals surface area contributed by atoms with Gasteiger partial charge >= 0.3 is 11.4 Å². The fourth-order valence-corrected chi connectivity index (χ4v) is 2.55. The van der Waals surface area contributed by atoms with Crippen molar-refractivity contribution in [3.63, 3.8) is 0 Å². The number of pyridine rings is 2. The van der Waals surface area contributed by atoms with Crippen molar-refractivity contribution in [2.24, 2.45) is 0 Å². The largest absolute Gasteiger partial charge is 0.423 e. The fraction of sp³-hybridized carbons (Fsp3) is 0.294. The van der Waals surface area contributed by atoms with E-state index in [1.165, 1.54) is 23.6 Å². The molecule has 0 saturated carbocycles. The molecule has 0 fully saturated rings. The van der Waals surface area contributed by atoms with Crippen molar-refractivity contribution in [2.45, 2.75) is 26.3 Å². The second kappa shape index (κ2) is 9.12. The van der Waals surface area contributed by atoms with Crippen LogP contribution in [0.2, 0.25) is 0 Å². The van der Waals surface area contributed by atoms with Gasteiger partial charge in [0, 0.05) is 23.9 Å². The minimum Gasteiger partial charge on any atom is -0.372 e. The highest BCUT2D eigenvalue weighted by atomic mass is 79.9. The number of rotatable bonds is 4. The number of alkyl halides is 1. The van der Waals surface area contributed by atoms with Crippen LogP contribution in [0, 0.1) is 0 Å². The highest BCUT2D eigenvalue weighted by Crippen LogP contribution is 2.06. The first-order valence-corrected chi connectivity index (χ1v) is 8.73. The number of hydrogen-bond donors (Lipinski definition) is 0. The van der Waals surface area contributed by atoms with Crippen LogP contribution in [0.15, 0.2) is 56.9 Å². The molecule has 0 bridgehead atoms. The van der Waals surface area contributed by atoms with Gasteiger partial charge in [-0.15, -0.1) is 0 Å². The SMILES string of the molecule is CCCCBr.O=c1oc(=O)n(Cc2ccncc2)c2ncccc12. The number of unbranched alkanes of at least 4 members (excludes halogenated alkanes) is 1. The number of halogens is 1. The quantitative estimate of drug-likeness (QED) is 0.638. The van der Waals surface area contributed by atoms with E-state index in [0.29, 0.717) is 5.65 Å². The van der Waals surface area contributed by atoms with E-state index in [0.717, 1.165) is 10.9 Å². The Hall–Kier alpha value is -2.28. The summed E-state index contributed by atoms with van der Waals surface area (Å²) in [5.74, 6) is -0.715. The lowest BCUT2D eigenvalue weighted by atomic mass is 10.2. The van der Waals surface area contributed by atoms with Crippen LogP contribution in [0.5, 0.6) is 0 Å². The minimum atomic E-state index is -0.715. The van der Waals surface area contributed by atoms with E-state index in [9.17, 15) is 9.59 Å². The lowest BCUT2D eigenvalue weighted by Crippen LogP contribution is -2.26. The first kappa shape index (κ1) is 18.1. The van der Waals surface area contributed by atoms with Gasteiger partial charge in [0.2, 0.25) is 0 Å². The Bertz CT molecular complexity index is 889. The monoisotopic (exact) mass is 391 g/mol. The molecule has 0 N–H and O–H groups in total. The zero-order valence-corrected chi connectivity index (χ0v) is 14.9. The molecule has 0 spiro atoms. The standard InChI is InChI=1S/C13H9N3O3.C4H9Br/c17-12-10-2-1-5-15-11(10)16(13(18)19-12)8-9-3-6-14-7-4-9;1-2-3-4-5/h1-7H,8H2;2-4H2,1H3. The van der Waals surface area contributed by atoms with E-state index in [-0.39, 0.29) is 11.9 Å². The van der Waals surface area contributed by atoms with Crippen molar-refractivity contribution in [3.8, 4) is 0 Å². The van der Waals surface area contributed by atoms with Crippen molar-refractivity contribution in [2.75, 3.05) is 5.33 Å². The Morgan fingerprint density at radius 2 is 1.92 bits per heavy atom. The Morgan fingerprint density at radius 1 is 1.17 bits per heavy atom. The molecule has 3 aromatic rings. The highest BCUT2D eigenvalue weighted by Gasteiger charge is 2.10. The average molecular weight is 392 g/mol. The van der Waals surface area contributed by atoms with Crippen LogP contribution in [-0.2, 0) is 6.54 Å². The summed E-state index contributed by atoms with van der Waals surface area (Å²) in [7, 11) is 0. The van der Waals surface area contributed by atoms with E-state index in [1.807, 2.05) is 0 Å². The van der Waals surface area contributed by atoms with Crippen LogP contribution in [0.3, 0.4) is 0 Å². The molecule has 0 aliphatic heterocycles. The summed E-state index contributed by atoms with van der Waals surface area (Å²) < 4.78 is 6.02. The molecular weight excluding hydrogens is 374 g/mol. The maximum absolute atomic E-state index is 11.8. The van der Waals surface area contributed by atoms with E-state index in [2.05, 4.69) is 37.2 Å². The van der Waals surface area contributed by atoms with Gasteiger partial charge in [0.25, 0.3) is 0 Å². The predicted octanol–water partition coefficient (Wildman–Crippen LogP) is 2.97. The molecule has 24 heavy (non-hydrogen) atoms. The van der Waals surface area contributed by atoms with Gasteiger partial charge in [-0.25, -0.2) is 14.6 Å². The molecule has 3 aromatic heterocycles. The van der Waals surface area contributed by atoms with E-state index >= 15 is 0 Å². The lowest BCUT2D eigenvalue weighted by Gasteiger charge is -2.06. The van der Waals surface area contributed by atoms with Crippen LogP contribution >= 0.6 is 15.9 Å². The van der Waals surface area contributed by atoms with E-state index < -0.39 is 11.4 Å². The van der Waals surface area contributed by atoms with Crippen molar-refractivity contribution < 1.29 is 4.42 Å². The summed E-state index contributed by atoms with van der Waals surface area (Å²) in [4.78, 5) is 31.4. The number of fused-ring (bicyclic) bond motifs is 1. The summed E-state index contributed by atoms with van der Waals surface area (Å²) in [6.07, 6.45) is 7.40. The van der Waals surface area contributed by atoms with Gasteiger partial charge in [-0.2, -0.15) is 0 Å². The zero-order valence-electron chi connectivity index (χ0n) is 13.3. The second-order valence-electron chi connectivity index (χ2n) is 5.01. The number of nitrogens with zero attached hydrogens (tertiary/aromatic N) is 3. The zero-order chi connectivity index (χ0) is 17.4. The Kier molecular flexibility index (Phi) is 6.87. The molecule has 0 aliphatic rings. The molecule has 3 heterocycles. The Balaban J connectivity index is 0.000000368. The number of hydrogen-bond acceptors (Lipinski definition) is 5. The smallest absolute Gasteiger partial charge is 0.372 e. The predicted molar refractivity (Wildman–Crippen MR) is 96.6 cm³/mol. The van der Waals surface area contributed by atoms with Crippen LogP contribution in [0.4, 0.5) is 0 Å². The van der Waals surface area contributed by atoms with Gasteiger partial charge in [-0.05, 0) is 36.2 Å². The topological polar surface area (TPSA) is 78.0 Å². The third-order valence-electron chi connectivity index (χ3n) is 3.24. The van der Waals surface area contributed by atoms with Crippen LogP contribution in [-0.4, -0.2) is 19.9 Å². The molecule has 0 radical (unpaired) electrons. The summed E-state index contributed by atoms with van der Waals surface area (Å²) in [5.41, 5.74) is 0.526. The van der Waals surface area contributed by atoms with Gasteiger partial charge < -0.3 is 4.42 Å². The molecule has 126 valence electrons. The molecule has 0 saturated heterocycles. The van der Waals surface area contributed by atoms with E-state index in [4.69, 9.17) is 0 Å². The molecule has 0 unspecified atom stereocenters. The van der Waals surface area contributed by atoms with Crippen LogP contribution in [0.1, 0.15) is 25.3 Å². The fourth-order valence-electron chi connectivity index (χ4n) is 1.99. The van der Waals surface area contributed by atoms with Gasteiger partial charge in [-0.1, -0.05) is 29.3 Å². The van der Waals surface area contributed by atoms with Crippen molar-refractivity contribution in [1.82, 2.24) is 14.5 Å². The first-order valence-electron chi connectivity index (χ1n) is 7.61. The van der Waals surface area contributed by atoms with E-state index in [1.54, 1.807) is 36.7 Å².